The zero-order valence-electron chi connectivity index (χ0n) is 17.5. The Morgan fingerprint density at radius 2 is 2.23 bits per heavy atom. The molecule has 1 saturated heterocycles. The molecule has 0 aromatic heterocycles. The number of methoxy groups -OCH3 is 1. The van der Waals surface area contributed by atoms with E-state index in [1.165, 1.54) is 0 Å². The Balaban J connectivity index is 1.78. The zero-order valence-corrected chi connectivity index (χ0v) is 18.3. The van der Waals surface area contributed by atoms with Crippen molar-refractivity contribution < 1.29 is 24.2 Å². The van der Waals surface area contributed by atoms with Crippen LogP contribution < -0.4 is 14.8 Å². The summed E-state index contributed by atoms with van der Waals surface area (Å²) in [5.41, 5.74) is 0. The summed E-state index contributed by atoms with van der Waals surface area (Å²) in [7, 11) is 1.64. The number of carbonyl (C=O) groups is 2. The second-order valence-corrected chi connectivity index (χ2v) is 8.70. The van der Waals surface area contributed by atoms with Crippen LogP contribution in [0.3, 0.4) is 0 Å². The van der Waals surface area contributed by atoms with Crippen LogP contribution in [0.4, 0.5) is 4.79 Å². The van der Waals surface area contributed by atoms with Crippen LogP contribution in [0.5, 0.6) is 11.5 Å². The summed E-state index contributed by atoms with van der Waals surface area (Å²) in [5.74, 6) is 1.80. The number of nitrogens with zero attached hydrogens (tertiary/aromatic N) is 2. The Morgan fingerprint density at radius 3 is 3.03 bits per heavy atom. The fraction of sp³-hybridized carbons (Fsp3) is 0.619. The van der Waals surface area contributed by atoms with Crippen LogP contribution in [0.2, 0.25) is 0 Å². The molecule has 1 atom stereocenters. The van der Waals surface area contributed by atoms with Gasteiger partial charge in [-0.2, -0.15) is 0 Å². The van der Waals surface area contributed by atoms with E-state index in [0.717, 1.165) is 55.2 Å². The molecule has 0 bridgehead atoms. The third-order valence-corrected chi connectivity index (χ3v) is 6.53. The lowest BCUT2D eigenvalue weighted by atomic mass is 10.2. The molecule has 30 heavy (non-hydrogen) atoms. The average Bonchev–Trinajstić information content (AvgIpc) is 3.07. The van der Waals surface area contributed by atoms with Crippen LogP contribution in [-0.4, -0.2) is 72.2 Å². The van der Waals surface area contributed by atoms with Crippen molar-refractivity contribution in [2.24, 2.45) is 0 Å². The molecular formula is C21H31N3O5S. The Morgan fingerprint density at radius 1 is 1.37 bits per heavy atom. The minimum Gasteiger partial charge on any atom is -0.497 e. The summed E-state index contributed by atoms with van der Waals surface area (Å²) in [6.07, 6.45) is 4.10. The van der Waals surface area contributed by atoms with E-state index in [-0.39, 0.29) is 11.9 Å². The molecule has 3 rings (SSSR count). The van der Waals surface area contributed by atoms with Gasteiger partial charge in [-0.05, 0) is 56.2 Å². The van der Waals surface area contributed by atoms with Gasteiger partial charge in [-0.15, -0.1) is 0 Å². The van der Waals surface area contributed by atoms with Crippen molar-refractivity contribution in [2.45, 2.75) is 49.5 Å². The van der Waals surface area contributed by atoms with Crippen LogP contribution in [0.15, 0.2) is 23.1 Å². The predicted octanol–water partition coefficient (Wildman–Crippen LogP) is 3.22. The van der Waals surface area contributed by atoms with E-state index in [0.29, 0.717) is 32.5 Å². The normalized spacial score (nSPS) is 20.8. The first-order valence-electron chi connectivity index (χ1n) is 10.6. The number of hydrogen-bond donors (Lipinski definition) is 2. The third kappa shape index (κ3) is 6.43. The van der Waals surface area contributed by atoms with Gasteiger partial charge in [0.05, 0.1) is 18.6 Å². The van der Waals surface area contributed by atoms with Gasteiger partial charge in [0, 0.05) is 44.7 Å². The van der Waals surface area contributed by atoms with E-state index in [1.807, 2.05) is 23.1 Å². The number of carbonyl (C=O) groups excluding carboxylic acids is 1. The first-order chi connectivity index (χ1) is 14.6. The number of benzene rings is 1. The Hall–Kier alpha value is -2.13. The largest absolute Gasteiger partial charge is 0.497 e. The summed E-state index contributed by atoms with van der Waals surface area (Å²) >= 11 is 1.60. The van der Waals surface area contributed by atoms with E-state index >= 15 is 0 Å². The second kappa shape index (κ2) is 11.3. The highest BCUT2D eigenvalue weighted by Gasteiger charge is 2.32. The highest BCUT2D eigenvalue weighted by molar-refractivity contribution is 7.97. The van der Waals surface area contributed by atoms with E-state index in [4.69, 9.17) is 14.6 Å². The maximum absolute atomic E-state index is 12.4. The molecule has 0 radical (unpaired) electrons. The number of amides is 2. The van der Waals surface area contributed by atoms with E-state index in [9.17, 15) is 9.59 Å². The van der Waals surface area contributed by atoms with Crippen molar-refractivity contribution >= 4 is 23.9 Å². The maximum Gasteiger partial charge on any atom is 0.404 e. The van der Waals surface area contributed by atoms with Crippen molar-refractivity contribution in [2.75, 3.05) is 39.9 Å². The SMILES string of the molecule is COc1ccc2c(c1)OCCCCCN1C(=O)CC[C@H]1CN(CCCNC(=O)O)S2. The fourth-order valence-corrected chi connectivity index (χ4v) is 4.92. The molecule has 0 spiro atoms. The van der Waals surface area contributed by atoms with Crippen molar-refractivity contribution in [3.63, 3.8) is 0 Å². The molecule has 2 amide bonds. The van der Waals surface area contributed by atoms with Gasteiger partial charge in [0.2, 0.25) is 5.91 Å². The van der Waals surface area contributed by atoms with Gasteiger partial charge in [-0.1, -0.05) is 0 Å². The molecule has 0 aliphatic carbocycles. The van der Waals surface area contributed by atoms with Gasteiger partial charge >= 0.3 is 6.09 Å². The highest BCUT2D eigenvalue weighted by Crippen LogP contribution is 2.36. The van der Waals surface area contributed by atoms with Gasteiger partial charge in [-0.25, -0.2) is 9.10 Å². The number of nitrogens with one attached hydrogen (secondary N) is 1. The molecule has 8 nitrogen and oxygen atoms in total. The number of hydrogen-bond acceptors (Lipinski definition) is 6. The topological polar surface area (TPSA) is 91.3 Å². The number of ether oxygens (including phenoxy) is 2. The summed E-state index contributed by atoms with van der Waals surface area (Å²) < 4.78 is 13.7. The molecule has 2 heterocycles. The second-order valence-electron chi connectivity index (χ2n) is 7.57. The molecule has 2 aliphatic heterocycles. The van der Waals surface area contributed by atoms with Crippen LogP contribution >= 0.6 is 11.9 Å². The van der Waals surface area contributed by atoms with Gasteiger partial charge in [0.1, 0.15) is 11.5 Å². The highest BCUT2D eigenvalue weighted by atomic mass is 32.2. The lowest BCUT2D eigenvalue weighted by Crippen LogP contribution is -2.41. The van der Waals surface area contributed by atoms with E-state index < -0.39 is 6.09 Å². The lowest BCUT2D eigenvalue weighted by molar-refractivity contribution is -0.129. The fourth-order valence-electron chi connectivity index (χ4n) is 3.84. The van der Waals surface area contributed by atoms with Crippen molar-refractivity contribution in [1.29, 1.82) is 0 Å². The van der Waals surface area contributed by atoms with Crippen LogP contribution in [0, 0.1) is 0 Å². The molecule has 1 aromatic rings. The predicted molar refractivity (Wildman–Crippen MR) is 115 cm³/mol. The molecule has 2 aliphatic rings. The van der Waals surface area contributed by atoms with Crippen molar-refractivity contribution in [3.05, 3.63) is 18.2 Å². The van der Waals surface area contributed by atoms with Crippen molar-refractivity contribution in [1.82, 2.24) is 14.5 Å². The molecule has 166 valence electrons. The third-order valence-electron chi connectivity index (χ3n) is 5.41. The molecule has 0 unspecified atom stereocenters. The van der Waals surface area contributed by atoms with Gasteiger partial charge in [0.15, 0.2) is 0 Å². The van der Waals surface area contributed by atoms with Gasteiger partial charge in [-0.3, -0.25) is 4.79 Å². The maximum atomic E-state index is 12.4. The quantitative estimate of drug-likeness (QED) is 0.540. The molecule has 9 heteroatoms. The Labute approximate surface area is 182 Å². The minimum atomic E-state index is -1.01. The zero-order chi connectivity index (χ0) is 21.3. The summed E-state index contributed by atoms with van der Waals surface area (Å²) in [4.78, 5) is 26.2. The van der Waals surface area contributed by atoms with Crippen molar-refractivity contribution in [3.8, 4) is 11.5 Å². The first kappa shape index (κ1) is 22.6. The Bertz CT molecular complexity index is 733. The van der Waals surface area contributed by atoms with Crippen LogP contribution in [0.25, 0.3) is 0 Å². The average molecular weight is 438 g/mol. The van der Waals surface area contributed by atoms with Gasteiger partial charge in [0.25, 0.3) is 0 Å². The minimum absolute atomic E-state index is 0.195. The number of carboxylic acid groups (broad SMARTS) is 1. The molecular weight excluding hydrogens is 406 g/mol. The van der Waals surface area contributed by atoms with Crippen LogP contribution in [0.1, 0.15) is 38.5 Å². The first-order valence-corrected chi connectivity index (χ1v) is 11.3. The molecule has 1 aromatic carbocycles. The summed E-state index contributed by atoms with van der Waals surface area (Å²) in [6, 6.07) is 6.03. The molecule has 1 fully saturated rings. The standard InChI is InChI=1S/C21H31N3O5S/c1-28-17-7-8-19-18(14-17)29-13-4-2-3-12-24-16(6-9-20(24)25)15-23(30-19)11-5-10-22-21(26)27/h7-8,14,16,22H,2-6,9-13,15H2,1H3,(H,26,27)/t16-/m0/s1. The van der Waals surface area contributed by atoms with E-state index in [2.05, 4.69) is 9.62 Å². The molecule has 2 N–H and O–H groups in total. The summed E-state index contributed by atoms with van der Waals surface area (Å²) in [6.45, 7) is 3.26. The summed E-state index contributed by atoms with van der Waals surface area (Å²) in [5, 5.41) is 11.2. The lowest BCUT2D eigenvalue weighted by Gasteiger charge is -2.30. The van der Waals surface area contributed by atoms with Crippen LogP contribution in [-0.2, 0) is 4.79 Å². The smallest absolute Gasteiger partial charge is 0.404 e. The van der Waals surface area contributed by atoms with Gasteiger partial charge < -0.3 is 24.8 Å². The molecule has 0 saturated carbocycles. The number of fused-ring (bicyclic) bond motifs is 2. The monoisotopic (exact) mass is 437 g/mol. The van der Waals surface area contributed by atoms with E-state index in [1.54, 1.807) is 19.1 Å². The Kier molecular flexibility index (Phi) is 8.50. The number of rotatable bonds is 5.